The molecule has 1 saturated heterocycles. The van der Waals surface area contributed by atoms with Gasteiger partial charge in [0.05, 0.1) is 0 Å². The van der Waals surface area contributed by atoms with Gasteiger partial charge in [0.2, 0.25) is 0 Å². The molecular weight excluding hydrogens is 204 g/mol. The van der Waals surface area contributed by atoms with E-state index in [1.807, 2.05) is 0 Å². The van der Waals surface area contributed by atoms with Gasteiger partial charge in [0.1, 0.15) is 5.54 Å². The molecule has 4 heteroatoms. The lowest BCUT2D eigenvalue weighted by Crippen LogP contribution is -2.49. The number of piperidine rings is 1. The number of carboxylic acids is 1. The summed E-state index contributed by atoms with van der Waals surface area (Å²) >= 11 is 0. The molecule has 3 atom stereocenters. The minimum Gasteiger partial charge on any atom is -0.480 e. The molecule has 0 amide bonds. The Morgan fingerprint density at radius 1 is 1.50 bits per heavy atom. The van der Waals surface area contributed by atoms with Crippen molar-refractivity contribution >= 4 is 5.97 Å². The van der Waals surface area contributed by atoms with Crippen LogP contribution < -0.4 is 5.73 Å². The Morgan fingerprint density at radius 2 is 2.12 bits per heavy atom. The second-order valence-electron chi connectivity index (χ2n) is 5.50. The summed E-state index contributed by atoms with van der Waals surface area (Å²) in [5, 5.41) is 8.95. The first-order valence-electron chi connectivity index (χ1n) is 6.09. The minimum absolute atomic E-state index is 0.513. The Hall–Kier alpha value is -0.610. The molecule has 94 valence electrons. The smallest absolute Gasteiger partial charge is 0.323 e. The highest BCUT2D eigenvalue weighted by Crippen LogP contribution is 2.22. The van der Waals surface area contributed by atoms with Crippen LogP contribution in [0.2, 0.25) is 0 Å². The molecule has 1 fully saturated rings. The number of nitrogens with zero attached hydrogens (tertiary/aromatic N) is 1. The summed E-state index contributed by atoms with van der Waals surface area (Å²) in [5.41, 5.74) is 4.63. The number of carbonyl (C=O) groups is 1. The lowest BCUT2D eigenvalue weighted by Gasteiger charge is -2.38. The van der Waals surface area contributed by atoms with Crippen molar-refractivity contribution in [2.24, 2.45) is 11.7 Å². The summed E-state index contributed by atoms with van der Waals surface area (Å²) in [4.78, 5) is 13.3. The van der Waals surface area contributed by atoms with Crippen LogP contribution in [0.15, 0.2) is 0 Å². The van der Waals surface area contributed by atoms with Gasteiger partial charge in [0, 0.05) is 19.1 Å². The predicted octanol–water partition coefficient (Wildman–Crippen LogP) is 1.30. The van der Waals surface area contributed by atoms with Crippen LogP contribution in [0, 0.1) is 5.92 Å². The van der Waals surface area contributed by atoms with Crippen LogP contribution in [0.3, 0.4) is 0 Å². The number of carboxylic acid groups (broad SMARTS) is 1. The molecule has 0 aromatic carbocycles. The van der Waals surface area contributed by atoms with E-state index in [0.29, 0.717) is 18.4 Å². The lowest BCUT2D eigenvalue weighted by molar-refractivity contribution is -0.143. The van der Waals surface area contributed by atoms with Crippen LogP contribution in [-0.4, -0.2) is 40.6 Å². The number of likely N-dealkylation sites (tertiary alicyclic amines) is 1. The number of nitrogens with two attached hydrogens (primary N) is 1. The van der Waals surface area contributed by atoms with Crippen LogP contribution in [-0.2, 0) is 4.79 Å². The molecule has 4 nitrogen and oxygen atoms in total. The number of aliphatic carboxylic acids is 1. The monoisotopic (exact) mass is 228 g/mol. The molecule has 0 spiro atoms. The van der Waals surface area contributed by atoms with E-state index in [4.69, 9.17) is 10.8 Å². The van der Waals surface area contributed by atoms with Crippen molar-refractivity contribution in [1.29, 1.82) is 0 Å². The first-order chi connectivity index (χ1) is 7.33. The fraction of sp³-hybridized carbons (Fsp3) is 0.917. The van der Waals surface area contributed by atoms with Gasteiger partial charge in [0.25, 0.3) is 0 Å². The molecular formula is C12H24N2O2. The molecule has 1 heterocycles. The van der Waals surface area contributed by atoms with Gasteiger partial charge in [-0.2, -0.15) is 0 Å². The maximum absolute atomic E-state index is 10.9. The van der Waals surface area contributed by atoms with E-state index in [1.165, 1.54) is 12.8 Å². The molecule has 1 rings (SSSR count). The molecule has 0 aromatic rings. The zero-order valence-corrected chi connectivity index (χ0v) is 10.6. The Labute approximate surface area is 97.8 Å². The Balaban J connectivity index is 2.44. The van der Waals surface area contributed by atoms with Crippen molar-refractivity contribution in [2.45, 2.75) is 51.6 Å². The van der Waals surface area contributed by atoms with E-state index in [0.717, 1.165) is 13.1 Å². The van der Waals surface area contributed by atoms with Gasteiger partial charge in [-0.05, 0) is 39.0 Å². The quantitative estimate of drug-likeness (QED) is 0.761. The highest BCUT2D eigenvalue weighted by molar-refractivity contribution is 5.77. The van der Waals surface area contributed by atoms with Gasteiger partial charge in [0.15, 0.2) is 0 Å². The summed E-state index contributed by atoms with van der Waals surface area (Å²) in [6, 6.07) is 0.556. The van der Waals surface area contributed by atoms with Gasteiger partial charge >= 0.3 is 5.97 Å². The summed E-state index contributed by atoms with van der Waals surface area (Å²) in [6.07, 6.45) is 2.99. The van der Waals surface area contributed by atoms with Crippen molar-refractivity contribution in [3.63, 3.8) is 0 Å². The van der Waals surface area contributed by atoms with E-state index in [-0.39, 0.29) is 0 Å². The first kappa shape index (κ1) is 13.5. The van der Waals surface area contributed by atoms with Crippen molar-refractivity contribution in [1.82, 2.24) is 4.90 Å². The molecule has 0 aromatic heterocycles. The standard InChI is InChI=1S/C12H24N2O2/c1-9-4-5-10(2)14(8-9)7-6-12(3,13)11(15)16/h9-10H,4-8,13H2,1-3H3,(H,15,16). The van der Waals surface area contributed by atoms with E-state index in [2.05, 4.69) is 18.7 Å². The van der Waals surface area contributed by atoms with Gasteiger partial charge in [-0.1, -0.05) is 6.92 Å². The summed E-state index contributed by atoms with van der Waals surface area (Å²) in [6.45, 7) is 7.90. The van der Waals surface area contributed by atoms with E-state index >= 15 is 0 Å². The minimum atomic E-state index is -1.10. The van der Waals surface area contributed by atoms with Crippen molar-refractivity contribution in [3.8, 4) is 0 Å². The third-order valence-corrected chi connectivity index (χ3v) is 3.65. The molecule has 0 saturated carbocycles. The fourth-order valence-electron chi connectivity index (χ4n) is 2.17. The summed E-state index contributed by atoms with van der Waals surface area (Å²) in [7, 11) is 0. The normalized spacial score (nSPS) is 31.0. The zero-order chi connectivity index (χ0) is 12.3. The molecule has 3 unspecified atom stereocenters. The topological polar surface area (TPSA) is 66.6 Å². The summed E-state index contributed by atoms with van der Waals surface area (Å²) in [5.74, 6) is -0.199. The second-order valence-corrected chi connectivity index (χ2v) is 5.50. The number of hydrogen-bond acceptors (Lipinski definition) is 3. The Kier molecular flexibility index (Phi) is 4.33. The average Bonchev–Trinajstić information content (AvgIpc) is 2.19. The van der Waals surface area contributed by atoms with E-state index in [1.54, 1.807) is 6.92 Å². The van der Waals surface area contributed by atoms with Gasteiger partial charge in [-0.15, -0.1) is 0 Å². The third kappa shape index (κ3) is 3.46. The lowest BCUT2D eigenvalue weighted by atomic mass is 9.93. The molecule has 1 aliphatic heterocycles. The molecule has 1 aliphatic rings. The zero-order valence-electron chi connectivity index (χ0n) is 10.6. The van der Waals surface area contributed by atoms with Gasteiger partial charge in [-0.3, -0.25) is 4.79 Å². The van der Waals surface area contributed by atoms with Crippen molar-refractivity contribution in [3.05, 3.63) is 0 Å². The average molecular weight is 228 g/mol. The van der Waals surface area contributed by atoms with Crippen LogP contribution in [0.5, 0.6) is 0 Å². The van der Waals surface area contributed by atoms with Gasteiger partial charge in [-0.25, -0.2) is 0 Å². The number of hydrogen-bond donors (Lipinski definition) is 2. The maximum atomic E-state index is 10.9. The highest BCUT2D eigenvalue weighted by Gasteiger charge is 2.30. The second kappa shape index (κ2) is 5.15. The predicted molar refractivity (Wildman–Crippen MR) is 64.3 cm³/mol. The van der Waals surface area contributed by atoms with E-state index < -0.39 is 11.5 Å². The fourth-order valence-corrected chi connectivity index (χ4v) is 2.17. The first-order valence-corrected chi connectivity index (χ1v) is 6.09. The molecule has 0 bridgehead atoms. The van der Waals surface area contributed by atoms with Crippen LogP contribution in [0.1, 0.15) is 40.0 Å². The van der Waals surface area contributed by atoms with Crippen molar-refractivity contribution < 1.29 is 9.90 Å². The molecule has 0 radical (unpaired) electrons. The third-order valence-electron chi connectivity index (χ3n) is 3.65. The largest absolute Gasteiger partial charge is 0.480 e. The van der Waals surface area contributed by atoms with Crippen LogP contribution in [0.4, 0.5) is 0 Å². The van der Waals surface area contributed by atoms with Gasteiger partial charge < -0.3 is 15.7 Å². The van der Waals surface area contributed by atoms with Crippen molar-refractivity contribution in [2.75, 3.05) is 13.1 Å². The Morgan fingerprint density at radius 3 is 2.69 bits per heavy atom. The summed E-state index contributed by atoms with van der Waals surface area (Å²) < 4.78 is 0. The number of rotatable bonds is 4. The maximum Gasteiger partial charge on any atom is 0.323 e. The highest BCUT2D eigenvalue weighted by atomic mass is 16.4. The van der Waals surface area contributed by atoms with Crippen LogP contribution >= 0.6 is 0 Å². The van der Waals surface area contributed by atoms with E-state index in [9.17, 15) is 4.79 Å². The Bertz CT molecular complexity index is 253. The van der Waals surface area contributed by atoms with Crippen LogP contribution in [0.25, 0.3) is 0 Å². The molecule has 0 aliphatic carbocycles. The SMILES string of the molecule is CC1CCC(C)N(CCC(C)(N)C(=O)O)C1. The molecule has 16 heavy (non-hydrogen) atoms. The molecule has 3 N–H and O–H groups in total.